The third-order valence-corrected chi connectivity index (χ3v) is 6.81. The van der Waals surface area contributed by atoms with E-state index in [0.29, 0.717) is 35.3 Å². The zero-order valence-corrected chi connectivity index (χ0v) is 16.3. The van der Waals surface area contributed by atoms with Gasteiger partial charge in [0, 0.05) is 31.1 Å². The van der Waals surface area contributed by atoms with Gasteiger partial charge in [-0.05, 0) is 24.8 Å². The molecule has 0 bridgehead atoms. The Labute approximate surface area is 162 Å². The molecule has 1 aromatic carbocycles. The van der Waals surface area contributed by atoms with E-state index in [0.717, 1.165) is 31.6 Å². The second-order valence-electron chi connectivity index (χ2n) is 6.98. The fraction of sp³-hybridized carbons (Fsp3) is 0.579. The van der Waals surface area contributed by atoms with Crippen LogP contribution in [-0.4, -0.2) is 62.5 Å². The van der Waals surface area contributed by atoms with Crippen molar-refractivity contribution in [2.45, 2.75) is 24.3 Å². The number of fused-ring (bicyclic) bond motifs is 3. The zero-order chi connectivity index (χ0) is 19.0. The zero-order valence-electron chi connectivity index (χ0n) is 15.5. The van der Waals surface area contributed by atoms with Crippen LogP contribution in [0.5, 0.6) is 11.5 Å². The van der Waals surface area contributed by atoms with Gasteiger partial charge >= 0.3 is 0 Å². The minimum atomic E-state index is -0.463. The Bertz CT molecular complexity index is 750. The summed E-state index contributed by atoms with van der Waals surface area (Å²) >= 11 is 1.62. The Kier molecular flexibility index (Phi) is 5.19. The van der Waals surface area contributed by atoms with Crippen molar-refractivity contribution in [3.05, 3.63) is 23.3 Å². The molecule has 3 aliphatic heterocycles. The number of carbonyl (C=O) groups excluding carboxylic acids is 2. The molecule has 0 aliphatic carbocycles. The summed E-state index contributed by atoms with van der Waals surface area (Å²) in [7, 11) is 3.08. The van der Waals surface area contributed by atoms with Crippen LogP contribution in [-0.2, 0) is 9.53 Å². The average Bonchev–Trinajstić information content (AvgIpc) is 3.26. The summed E-state index contributed by atoms with van der Waals surface area (Å²) in [5.74, 6) is 1.77. The Hall–Kier alpha value is -1.93. The van der Waals surface area contributed by atoms with Crippen molar-refractivity contribution in [3.8, 4) is 11.5 Å². The number of methoxy groups -OCH3 is 2. The van der Waals surface area contributed by atoms with E-state index < -0.39 is 6.04 Å². The molecule has 1 N–H and O–H groups in total. The van der Waals surface area contributed by atoms with Crippen molar-refractivity contribution < 1.29 is 23.8 Å². The van der Waals surface area contributed by atoms with Crippen LogP contribution in [0.4, 0.5) is 0 Å². The number of nitrogens with zero attached hydrogens (tertiary/aromatic N) is 1. The number of thioether (sulfide) groups is 1. The Morgan fingerprint density at radius 3 is 2.78 bits per heavy atom. The Balaban J connectivity index is 1.51. The van der Waals surface area contributed by atoms with Gasteiger partial charge in [-0.2, -0.15) is 0 Å². The van der Waals surface area contributed by atoms with Crippen LogP contribution in [0, 0.1) is 5.92 Å². The summed E-state index contributed by atoms with van der Waals surface area (Å²) < 4.78 is 16.1. The third-order valence-electron chi connectivity index (χ3n) is 5.50. The van der Waals surface area contributed by atoms with Gasteiger partial charge in [0.25, 0.3) is 5.91 Å². The molecule has 2 saturated heterocycles. The van der Waals surface area contributed by atoms with Crippen molar-refractivity contribution in [2.75, 3.05) is 39.7 Å². The predicted octanol–water partition coefficient (Wildman–Crippen LogP) is 1.82. The van der Waals surface area contributed by atoms with Crippen LogP contribution < -0.4 is 14.8 Å². The number of amides is 2. The van der Waals surface area contributed by atoms with Gasteiger partial charge in [-0.3, -0.25) is 9.59 Å². The van der Waals surface area contributed by atoms with Crippen LogP contribution in [0.2, 0.25) is 0 Å². The van der Waals surface area contributed by atoms with Crippen molar-refractivity contribution in [3.63, 3.8) is 0 Å². The molecule has 27 heavy (non-hydrogen) atoms. The first kappa shape index (κ1) is 18.4. The largest absolute Gasteiger partial charge is 0.493 e. The number of nitrogens with one attached hydrogen (secondary N) is 1. The highest BCUT2D eigenvalue weighted by Crippen LogP contribution is 2.52. The molecule has 2 atom stereocenters. The maximum absolute atomic E-state index is 13.1. The lowest BCUT2D eigenvalue weighted by molar-refractivity contribution is -0.125. The molecular formula is C19H24N2O5S. The topological polar surface area (TPSA) is 77.1 Å². The van der Waals surface area contributed by atoms with Gasteiger partial charge in [-0.25, -0.2) is 0 Å². The summed E-state index contributed by atoms with van der Waals surface area (Å²) in [5.41, 5.74) is 1.40. The molecule has 1 aromatic rings. The van der Waals surface area contributed by atoms with E-state index in [-0.39, 0.29) is 17.2 Å². The number of rotatable bonds is 5. The minimum absolute atomic E-state index is 0.0800. The fourth-order valence-electron chi connectivity index (χ4n) is 4.01. The van der Waals surface area contributed by atoms with Crippen LogP contribution in [0.1, 0.15) is 34.1 Å². The number of hydrogen-bond acceptors (Lipinski definition) is 6. The van der Waals surface area contributed by atoms with E-state index in [4.69, 9.17) is 14.2 Å². The van der Waals surface area contributed by atoms with Gasteiger partial charge in [-0.15, -0.1) is 11.8 Å². The Morgan fingerprint density at radius 1 is 1.30 bits per heavy atom. The van der Waals surface area contributed by atoms with Gasteiger partial charge in [0.15, 0.2) is 11.5 Å². The number of benzene rings is 1. The molecule has 3 heterocycles. The summed E-state index contributed by atoms with van der Waals surface area (Å²) in [5, 5.41) is 2.90. The van der Waals surface area contributed by atoms with E-state index in [1.165, 1.54) is 7.11 Å². The van der Waals surface area contributed by atoms with Crippen LogP contribution in [0.25, 0.3) is 0 Å². The molecule has 8 heteroatoms. The van der Waals surface area contributed by atoms with Gasteiger partial charge in [0.2, 0.25) is 5.91 Å². The third kappa shape index (κ3) is 3.14. The van der Waals surface area contributed by atoms with E-state index in [2.05, 4.69) is 5.32 Å². The highest BCUT2D eigenvalue weighted by molar-refractivity contribution is 7.99. The predicted molar refractivity (Wildman–Crippen MR) is 101 cm³/mol. The van der Waals surface area contributed by atoms with Crippen LogP contribution >= 0.6 is 11.8 Å². The summed E-state index contributed by atoms with van der Waals surface area (Å²) in [4.78, 5) is 27.6. The monoisotopic (exact) mass is 392 g/mol. The maximum Gasteiger partial charge on any atom is 0.260 e. The first-order valence-electron chi connectivity index (χ1n) is 9.20. The molecule has 0 radical (unpaired) electrons. The second kappa shape index (κ2) is 7.59. The molecule has 4 rings (SSSR count). The molecule has 2 fully saturated rings. The molecule has 7 nitrogen and oxygen atoms in total. The normalized spacial score (nSPS) is 24.5. The van der Waals surface area contributed by atoms with Gasteiger partial charge < -0.3 is 24.4 Å². The molecule has 146 valence electrons. The summed E-state index contributed by atoms with van der Waals surface area (Å²) in [6.07, 6.45) is 1.93. The first-order valence-corrected chi connectivity index (χ1v) is 10.2. The number of carbonyl (C=O) groups is 2. The highest BCUT2D eigenvalue weighted by atomic mass is 32.2. The standard InChI is InChI=1S/C19H24N2O5S/c1-24-14-4-3-12-15(16(14)25-2)18(23)21-13(10-27-19(12)21)17(22)20-9-11-5-7-26-8-6-11/h3-4,11,13,19H,5-10H2,1-2H3,(H,20,22)/t13-,19+/m0/s1. The second-order valence-corrected chi connectivity index (χ2v) is 8.09. The molecule has 2 amide bonds. The lowest BCUT2D eigenvalue weighted by Crippen LogP contribution is -2.47. The van der Waals surface area contributed by atoms with E-state index in [1.807, 2.05) is 12.1 Å². The SMILES string of the molecule is COc1ccc2c(c1OC)C(=O)N1[C@@H]2SC[C@H]1C(=O)NCC1CCOCC1. The summed E-state index contributed by atoms with van der Waals surface area (Å²) in [6, 6.07) is 3.25. The lowest BCUT2D eigenvalue weighted by Gasteiger charge is -2.25. The van der Waals surface area contributed by atoms with Crippen molar-refractivity contribution in [1.29, 1.82) is 0 Å². The van der Waals surface area contributed by atoms with Crippen molar-refractivity contribution in [2.24, 2.45) is 5.92 Å². The van der Waals surface area contributed by atoms with E-state index >= 15 is 0 Å². The van der Waals surface area contributed by atoms with Gasteiger partial charge in [-0.1, -0.05) is 6.07 Å². The molecular weight excluding hydrogens is 368 g/mol. The quantitative estimate of drug-likeness (QED) is 0.824. The maximum atomic E-state index is 13.1. The average molecular weight is 392 g/mol. The number of ether oxygens (including phenoxy) is 3. The van der Waals surface area contributed by atoms with Gasteiger partial charge in [0.1, 0.15) is 11.4 Å². The fourth-order valence-corrected chi connectivity index (χ4v) is 5.46. The van der Waals surface area contributed by atoms with Crippen LogP contribution in [0.15, 0.2) is 12.1 Å². The molecule has 0 unspecified atom stereocenters. The number of hydrogen-bond donors (Lipinski definition) is 1. The Morgan fingerprint density at radius 2 is 2.07 bits per heavy atom. The van der Waals surface area contributed by atoms with Gasteiger partial charge in [0.05, 0.1) is 19.8 Å². The molecule has 0 aromatic heterocycles. The lowest BCUT2D eigenvalue weighted by atomic mass is 10.0. The van der Waals surface area contributed by atoms with E-state index in [1.54, 1.807) is 23.8 Å². The highest BCUT2D eigenvalue weighted by Gasteiger charge is 2.50. The molecule has 0 saturated carbocycles. The van der Waals surface area contributed by atoms with E-state index in [9.17, 15) is 9.59 Å². The van der Waals surface area contributed by atoms with Crippen LogP contribution in [0.3, 0.4) is 0 Å². The smallest absolute Gasteiger partial charge is 0.260 e. The molecule has 3 aliphatic rings. The van der Waals surface area contributed by atoms with Crippen molar-refractivity contribution in [1.82, 2.24) is 10.2 Å². The summed E-state index contributed by atoms with van der Waals surface area (Å²) in [6.45, 7) is 2.15. The first-order chi connectivity index (χ1) is 13.2. The molecule has 0 spiro atoms. The van der Waals surface area contributed by atoms with Crippen molar-refractivity contribution >= 4 is 23.6 Å². The minimum Gasteiger partial charge on any atom is -0.493 e.